The summed E-state index contributed by atoms with van der Waals surface area (Å²) < 4.78 is 5.00. The van der Waals surface area contributed by atoms with Crippen molar-refractivity contribution in [1.82, 2.24) is 4.90 Å². The van der Waals surface area contributed by atoms with Gasteiger partial charge in [-0.3, -0.25) is 0 Å². The average molecular weight is 157 g/mol. The standard InChI is InChI=1S/C9H19NO/c1-8(2)9-6-10(7-9)4-5-11-3/h8-9H,4-7H2,1-3H3. The minimum Gasteiger partial charge on any atom is -0.383 e. The molecule has 0 spiro atoms. The van der Waals surface area contributed by atoms with Crippen molar-refractivity contribution in [1.29, 1.82) is 0 Å². The third-order valence-corrected chi connectivity index (χ3v) is 2.54. The van der Waals surface area contributed by atoms with Crippen molar-refractivity contribution in [2.75, 3.05) is 33.4 Å². The van der Waals surface area contributed by atoms with Gasteiger partial charge in [0.2, 0.25) is 0 Å². The summed E-state index contributed by atoms with van der Waals surface area (Å²) in [6.07, 6.45) is 0. The van der Waals surface area contributed by atoms with Crippen LogP contribution in [0.1, 0.15) is 13.8 Å². The molecule has 66 valence electrons. The molecule has 1 aliphatic rings. The minimum absolute atomic E-state index is 0.855. The largest absolute Gasteiger partial charge is 0.383 e. The van der Waals surface area contributed by atoms with Crippen LogP contribution in [0.4, 0.5) is 0 Å². The molecule has 1 heterocycles. The molecule has 0 aromatic rings. The molecule has 0 bridgehead atoms. The van der Waals surface area contributed by atoms with Gasteiger partial charge in [-0.15, -0.1) is 0 Å². The number of rotatable bonds is 4. The van der Waals surface area contributed by atoms with Crippen molar-refractivity contribution in [3.63, 3.8) is 0 Å². The van der Waals surface area contributed by atoms with E-state index in [1.54, 1.807) is 7.11 Å². The zero-order chi connectivity index (χ0) is 8.27. The van der Waals surface area contributed by atoms with Gasteiger partial charge in [0.15, 0.2) is 0 Å². The first-order chi connectivity index (χ1) is 5.24. The zero-order valence-electron chi connectivity index (χ0n) is 7.84. The molecule has 0 saturated carbocycles. The minimum atomic E-state index is 0.855. The topological polar surface area (TPSA) is 12.5 Å². The molecule has 1 fully saturated rings. The Morgan fingerprint density at radius 3 is 2.55 bits per heavy atom. The Morgan fingerprint density at radius 2 is 2.09 bits per heavy atom. The molecule has 2 nitrogen and oxygen atoms in total. The Morgan fingerprint density at radius 1 is 1.45 bits per heavy atom. The van der Waals surface area contributed by atoms with E-state index < -0.39 is 0 Å². The highest BCUT2D eigenvalue weighted by Crippen LogP contribution is 2.22. The van der Waals surface area contributed by atoms with Crippen molar-refractivity contribution >= 4 is 0 Å². The highest BCUT2D eigenvalue weighted by Gasteiger charge is 2.27. The van der Waals surface area contributed by atoms with E-state index in [1.807, 2.05) is 0 Å². The second kappa shape index (κ2) is 4.07. The molecular formula is C9H19NO. The highest BCUT2D eigenvalue weighted by atomic mass is 16.5. The predicted octanol–water partition coefficient (Wildman–Crippen LogP) is 1.22. The van der Waals surface area contributed by atoms with E-state index in [1.165, 1.54) is 13.1 Å². The summed E-state index contributed by atoms with van der Waals surface area (Å²) in [4.78, 5) is 2.45. The molecule has 1 rings (SSSR count). The van der Waals surface area contributed by atoms with Crippen LogP contribution in [0.25, 0.3) is 0 Å². The van der Waals surface area contributed by atoms with Gasteiger partial charge in [-0.1, -0.05) is 13.8 Å². The molecule has 2 heteroatoms. The molecule has 0 radical (unpaired) electrons. The Bertz CT molecular complexity index is 108. The fourth-order valence-electron chi connectivity index (χ4n) is 1.43. The third kappa shape index (κ3) is 2.46. The van der Waals surface area contributed by atoms with Crippen LogP contribution in [0.5, 0.6) is 0 Å². The highest BCUT2D eigenvalue weighted by molar-refractivity contribution is 4.81. The maximum absolute atomic E-state index is 5.00. The van der Waals surface area contributed by atoms with Crippen LogP contribution < -0.4 is 0 Å². The van der Waals surface area contributed by atoms with Crippen LogP contribution in [0.2, 0.25) is 0 Å². The van der Waals surface area contributed by atoms with Crippen LogP contribution in [-0.4, -0.2) is 38.3 Å². The fraction of sp³-hybridized carbons (Fsp3) is 1.00. The van der Waals surface area contributed by atoms with E-state index in [0.29, 0.717) is 0 Å². The lowest BCUT2D eigenvalue weighted by atomic mass is 9.88. The third-order valence-electron chi connectivity index (χ3n) is 2.54. The molecule has 0 atom stereocenters. The summed E-state index contributed by atoms with van der Waals surface area (Å²) in [5.41, 5.74) is 0. The second-order valence-corrected chi connectivity index (χ2v) is 3.76. The predicted molar refractivity (Wildman–Crippen MR) is 46.6 cm³/mol. The van der Waals surface area contributed by atoms with Crippen molar-refractivity contribution in [2.45, 2.75) is 13.8 Å². The Labute approximate surface area is 69.5 Å². The molecule has 1 aliphatic heterocycles. The first-order valence-electron chi connectivity index (χ1n) is 4.45. The van der Waals surface area contributed by atoms with Crippen LogP contribution in [0, 0.1) is 11.8 Å². The van der Waals surface area contributed by atoms with Crippen LogP contribution in [-0.2, 0) is 4.74 Å². The molecule has 0 aliphatic carbocycles. The smallest absolute Gasteiger partial charge is 0.0589 e. The van der Waals surface area contributed by atoms with E-state index in [0.717, 1.165) is 25.0 Å². The molecule has 0 aromatic heterocycles. The van der Waals surface area contributed by atoms with Crippen LogP contribution in [0.15, 0.2) is 0 Å². The lowest BCUT2D eigenvalue weighted by Crippen LogP contribution is -2.49. The van der Waals surface area contributed by atoms with Gasteiger partial charge in [-0.2, -0.15) is 0 Å². The molecule has 0 aromatic carbocycles. The van der Waals surface area contributed by atoms with Crippen molar-refractivity contribution in [3.05, 3.63) is 0 Å². The van der Waals surface area contributed by atoms with Crippen molar-refractivity contribution < 1.29 is 4.74 Å². The second-order valence-electron chi connectivity index (χ2n) is 3.76. The average Bonchev–Trinajstić information content (AvgIpc) is 1.84. The number of nitrogens with zero attached hydrogens (tertiary/aromatic N) is 1. The molecule has 11 heavy (non-hydrogen) atoms. The summed E-state index contributed by atoms with van der Waals surface area (Å²) in [7, 11) is 1.76. The summed E-state index contributed by atoms with van der Waals surface area (Å²) >= 11 is 0. The lowest BCUT2D eigenvalue weighted by Gasteiger charge is -2.41. The molecular weight excluding hydrogens is 138 g/mol. The number of likely N-dealkylation sites (tertiary alicyclic amines) is 1. The van der Waals surface area contributed by atoms with Crippen molar-refractivity contribution in [3.8, 4) is 0 Å². The number of hydrogen-bond donors (Lipinski definition) is 0. The molecule has 0 unspecified atom stereocenters. The summed E-state index contributed by atoms with van der Waals surface area (Å²) in [5, 5.41) is 0. The number of hydrogen-bond acceptors (Lipinski definition) is 2. The number of ether oxygens (including phenoxy) is 1. The number of methoxy groups -OCH3 is 1. The monoisotopic (exact) mass is 157 g/mol. The first-order valence-corrected chi connectivity index (χ1v) is 4.45. The van der Waals surface area contributed by atoms with Crippen LogP contribution >= 0.6 is 0 Å². The SMILES string of the molecule is COCCN1CC(C(C)C)C1. The lowest BCUT2D eigenvalue weighted by molar-refractivity contribution is 0.0427. The van der Waals surface area contributed by atoms with Gasteiger partial charge in [0.1, 0.15) is 0 Å². The molecule has 1 saturated heterocycles. The van der Waals surface area contributed by atoms with Crippen molar-refractivity contribution in [2.24, 2.45) is 11.8 Å². The first kappa shape index (κ1) is 9.01. The normalized spacial score (nSPS) is 20.7. The maximum atomic E-state index is 5.00. The Balaban J connectivity index is 2.00. The van der Waals surface area contributed by atoms with Gasteiger partial charge in [-0.25, -0.2) is 0 Å². The van der Waals surface area contributed by atoms with E-state index in [2.05, 4.69) is 18.7 Å². The van der Waals surface area contributed by atoms with Crippen LogP contribution in [0.3, 0.4) is 0 Å². The Hall–Kier alpha value is -0.0800. The van der Waals surface area contributed by atoms with Gasteiger partial charge < -0.3 is 9.64 Å². The van der Waals surface area contributed by atoms with Gasteiger partial charge in [0.05, 0.1) is 6.61 Å². The fourth-order valence-corrected chi connectivity index (χ4v) is 1.43. The maximum Gasteiger partial charge on any atom is 0.0589 e. The van der Waals surface area contributed by atoms with Gasteiger partial charge >= 0.3 is 0 Å². The molecule has 0 amide bonds. The summed E-state index contributed by atoms with van der Waals surface area (Å²) in [6, 6.07) is 0. The van der Waals surface area contributed by atoms with E-state index >= 15 is 0 Å². The summed E-state index contributed by atoms with van der Waals surface area (Å²) in [5.74, 6) is 1.79. The molecule has 0 N–H and O–H groups in total. The quantitative estimate of drug-likeness (QED) is 0.608. The van der Waals surface area contributed by atoms with E-state index in [4.69, 9.17) is 4.74 Å². The van der Waals surface area contributed by atoms with E-state index in [-0.39, 0.29) is 0 Å². The van der Waals surface area contributed by atoms with Gasteiger partial charge in [0.25, 0.3) is 0 Å². The van der Waals surface area contributed by atoms with E-state index in [9.17, 15) is 0 Å². The summed E-state index contributed by atoms with van der Waals surface area (Å²) in [6.45, 7) is 9.16. The van der Waals surface area contributed by atoms with Gasteiger partial charge in [0, 0.05) is 26.7 Å². The Kier molecular flexibility index (Phi) is 3.34. The zero-order valence-corrected chi connectivity index (χ0v) is 7.84. The van der Waals surface area contributed by atoms with Gasteiger partial charge in [-0.05, 0) is 11.8 Å².